The average Bonchev–Trinajstić information content (AvgIpc) is 2.96. The van der Waals surface area contributed by atoms with Gasteiger partial charge in [0.1, 0.15) is 0 Å². The minimum atomic E-state index is -0.317. The Morgan fingerprint density at radius 3 is 2.80 bits per heavy atom. The number of hydrogen-bond donors (Lipinski definition) is 3. The van der Waals surface area contributed by atoms with Gasteiger partial charge in [-0.15, -0.1) is 0 Å². The zero-order chi connectivity index (χ0) is 14.6. The van der Waals surface area contributed by atoms with Crippen molar-refractivity contribution in [3.63, 3.8) is 0 Å². The van der Waals surface area contributed by atoms with Crippen molar-refractivity contribution in [1.29, 1.82) is 0 Å². The molecular weight excluding hydrogens is 280 g/mol. The van der Waals surface area contributed by atoms with E-state index in [-0.39, 0.29) is 37.1 Å². The van der Waals surface area contributed by atoms with Crippen LogP contribution in [0.25, 0.3) is 0 Å². The minimum Gasteiger partial charge on any atom is -0.459 e. The molecule has 6 nitrogen and oxygen atoms in total. The molecule has 0 spiro atoms. The Morgan fingerprint density at radius 2 is 2.10 bits per heavy atom. The second kappa shape index (κ2) is 10.3. The summed E-state index contributed by atoms with van der Waals surface area (Å²) in [6.45, 7) is 1.08. The largest absolute Gasteiger partial charge is 0.459 e. The Kier molecular flexibility index (Phi) is 8.57. The topological polar surface area (TPSA) is 91.6 Å². The molecule has 20 heavy (non-hydrogen) atoms. The standard InChI is InChI=1S/C13H20N2O4S/c16-7-2-9-20-10-6-14-12(17)4-5-15-13(18)11-3-1-8-19-11/h1,3,8,16H,2,4-7,9-10H2,(H,14,17)(H,15,18). The van der Waals surface area contributed by atoms with E-state index < -0.39 is 0 Å². The van der Waals surface area contributed by atoms with E-state index in [2.05, 4.69) is 10.6 Å². The molecule has 0 bridgehead atoms. The van der Waals surface area contributed by atoms with Crippen LogP contribution >= 0.6 is 11.8 Å². The van der Waals surface area contributed by atoms with E-state index in [1.165, 1.54) is 6.26 Å². The number of thioether (sulfide) groups is 1. The van der Waals surface area contributed by atoms with E-state index in [0.29, 0.717) is 6.54 Å². The fourth-order valence-corrected chi connectivity index (χ4v) is 2.19. The van der Waals surface area contributed by atoms with E-state index in [4.69, 9.17) is 9.52 Å². The molecule has 0 radical (unpaired) electrons. The van der Waals surface area contributed by atoms with E-state index >= 15 is 0 Å². The smallest absolute Gasteiger partial charge is 0.286 e. The maximum atomic E-state index is 11.5. The van der Waals surface area contributed by atoms with Crippen molar-refractivity contribution in [3.05, 3.63) is 24.2 Å². The molecule has 0 saturated carbocycles. The fraction of sp³-hybridized carbons (Fsp3) is 0.538. The van der Waals surface area contributed by atoms with Gasteiger partial charge in [0.05, 0.1) is 6.26 Å². The van der Waals surface area contributed by atoms with Crippen molar-refractivity contribution in [2.45, 2.75) is 12.8 Å². The highest BCUT2D eigenvalue weighted by Gasteiger charge is 2.08. The highest BCUT2D eigenvalue weighted by atomic mass is 32.2. The normalized spacial score (nSPS) is 10.2. The Morgan fingerprint density at radius 1 is 1.25 bits per heavy atom. The number of amides is 2. The Balaban J connectivity index is 1.99. The van der Waals surface area contributed by atoms with Crippen molar-refractivity contribution in [1.82, 2.24) is 10.6 Å². The fourth-order valence-electron chi connectivity index (χ4n) is 1.40. The van der Waals surface area contributed by atoms with Crippen LogP contribution < -0.4 is 10.6 Å². The van der Waals surface area contributed by atoms with Crippen molar-refractivity contribution in [3.8, 4) is 0 Å². The Bertz CT molecular complexity index is 395. The Labute approximate surface area is 122 Å². The number of aliphatic hydroxyl groups is 1. The van der Waals surface area contributed by atoms with Gasteiger partial charge in [-0.05, 0) is 24.3 Å². The zero-order valence-corrected chi connectivity index (χ0v) is 12.1. The molecule has 1 aromatic heterocycles. The van der Waals surface area contributed by atoms with Gasteiger partial charge in [-0.2, -0.15) is 11.8 Å². The van der Waals surface area contributed by atoms with Gasteiger partial charge in [-0.1, -0.05) is 0 Å². The van der Waals surface area contributed by atoms with E-state index in [1.54, 1.807) is 23.9 Å². The lowest BCUT2D eigenvalue weighted by molar-refractivity contribution is -0.120. The van der Waals surface area contributed by atoms with Gasteiger partial charge in [0.25, 0.3) is 5.91 Å². The first kappa shape index (κ1) is 16.6. The lowest BCUT2D eigenvalue weighted by Gasteiger charge is -2.05. The summed E-state index contributed by atoms with van der Waals surface area (Å²) < 4.78 is 4.93. The molecule has 0 saturated heterocycles. The average molecular weight is 300 g/mol. The predicted octanol–water partition coefficient (Wildman–Crippen LogP) is 0.631. The van der Waals surface area contributed by atoms with E-state index in [1.807, 2.05) is 0 Å². The van der Waals surface area contributed by atoms with Crippen molar-refractivity contribution in [2.75, 3.05) is 31.2 Å². The first-order valence-corrected chi connectivity index (χ1v) is 7.66. The van der Waals surface area contributed by atoms with E-state index in [0.717, 1.165) is 17.9 Å². The lowest BCUT2D eigenvalue weighted by atomic mass is 10.3. The second-order valence-corrected chi connectivity index (χ2v) is 5.25. The molecule has 1 rings (SSSR count). The van der Waals surface area contributed by atoms with Crippen LogP contribution in [0.15, 0.2) is 22.8 Å². The molecule has 0 atom stereocenters. The second-order valence-electron chi connectivity index (χ2n) is 4.02. The summed E-state index contributed by atoms with van der Waals surface area (Å²) in [6, 6.07) is 3.20. The molecule has 1 heterocycles. The number of hydrogen-bond acceptors (Lipinski definition) is 5. The third-order valence-corrected chi connectivity index (χ3v) is 3.47. The van der Waals surface area contributed by atoms with Gasteiger partial charge < -0.3 is 20.2 Å². The van der Waals surface area contributed by atoms with Gasteiger partial charge in [0.2, 0.25) is 5.91 Å². The molecule has 0 aliphatic heterocycles. The van der Waals surface area contributed by atoms with Crippen LogP contribution in [0.1, 0.15) is 23.4 Å². The third kappa shape index (κ3) is 7.20. The van der Waals surface area contributed by atoms with Crippen LogP contribution in [0, 0.1) is 0 Å². The molecule has 2 amide bonds. The van der Waals surface area contributed by atoms with Crippen LogP contribution in [-0.4, -0.2) is 48.1 Å². The quantitative estimate of drug-likeness (QED) is 0.551. The van der Waals surface area contributed by atoms with Crippen molar-refractivity contribution >= 4 is 23.6 Å². The Hall–Kier alpha value is -1.47. The molecule has 0 aliphatic rings. The molecule has 7 heteroatoms. The number of furan rings is 1. The first-order valence-electron chi connectivity index (χ1n) is 6.51. The van der Waals surface area contributed by atoms with Crippen LogP contribution in [-0.2, 0) is 4.79 Å². The highest BCUT2D eigenvalue weighted by molar-refractivity contribution is 7.99. The molecule has 1 aromatic rings. The molecular formula is C13H20N2O4S. The van der Waals surface area contributed by atoms with Crippen molar-refractivity contribution in [2.24, 2.45) is 0 Å². The lowest BCUT2D eigenvalue weighted by Crippen LogP contribution is -2.31. The number of carbonyl (C=O) groups is 2. The highest BCUT2D eigenvalue weighted by Crippen LogP contribution is 2.00. The van der Waals surface area contributed by atoms with E-state index in [9.17, 15) is 9.59 Å². The summed E-state index contributed by atoms with van der Waals surface area (Å²) >= 11 is 1.69. The van der Waals surface area contributed by atoms with Gasteiger partial charge >= 0.3 is 0 Å². The molecule has 0 unspecified atom stereocenters. The number of aliphatic hydroxyl groups excluding tert-OH is 1. The summed E-state index contributed by atoms with van der Waals surface area (Å²) in [4.78, 5) is 23.0. The third-order valence-electron chi connectivity index (χ3n) is 2.40. The van der Waals surface area contributed by atoms with Crippen LogP contribution in [0.5, 0.6) is 0 Å². The van der Waals surface area contributed by atoms with Gasteiger partial charge in [0, 0.05) is 31.9 Å². The molecule has 0 fully saturated rings. The van der Waals surface area contributed by atoms with Crippen molar-refractivity contribution < 1.29 is 19.1 Å². The minimum absolute atomic E-state index is 0.0903. The zero-order valence-electron chi connectivity index (χ0n) is 11.3. The number of nitrogens with one attached hydrogen (secondary N) is 2. The molecule has 0 aromatic carbocycles. The van der Waals surface area contributed by atoms with Gasteiger partial charge in [0.15, 0.2) is 5.76 Å². The first-order chi connectivity index (χ1) is 9.74. The summed E-state index contributed by atoms with van der Waals surface area (Å²) in [6.07, 6.45) is 2.45. The monoisotopic (exact) mass is 300 g/mol. The van der Waals surface area contributed by atoms with Gasteiger partial charge in [-0.25, -0.2) is 0 Å². The molecule has 112 valence electrons. The molecule has 3 N–H and O–H groups in total. The van der Waals surface area contributed by atoms with Crippen LogP contribution in [0.2, 0.25) is 0 Å². The predicted molar refractivity (Wildman–Crippen MR) is 77.7 cm³/mol. The molecule has 0 aliphatic carbocycles. The van der Waals surface area contributed by atoms with Crippen LogP contribution in [0.3, 0.4) is 0 Å². The number of rotatable bonds is 10. The maximum absolute atomic E-state index is 11.5. The maximum Gasteiger partial charge on any atom is 0.286 e. The van der Waals surface area contributed by atoms with Crippen LogP contribution in [0.4, 0.5) is 0 Å². The SMILES string of the molecule is O=C(CCNC(=O)c1ccco1)NCCSCCCO. The summed E-state index contributed by atoms with van der Waals surface area (Å²) in [7, 11) is 0. The summed E-state index contributed by atoms with van der Waals surface area (Å²) in [5, 5.41) is 14.0. The number of carbonyl (C=O) groups excluding carboxylic acids is 2. The summed E-state index contributed by atoms with van der Waals surface area (Å²) in [5.41, 5.74) is 0. The van der Waals surface area contributed by atoms with Gasteiger partial charge in [-0.3, -0.25) is 9.59 Å². The summed E-state index contributed by atoms with van der Waals surface area (Å²) in [5.74, 6) is 1.55.